The molecule has 0 unspecified atom stereocenters. The average Bonchev–Trinajstić information content (AvgIpc) is 3.05. The lowest BCUT2D eigenvalue weighted by Crippen LogP contribution is -2.31. The monoisotopic (exact) mass is 318 g/mol. The van der Waals surface area contributed by atoms with Gasteiger partial charge in [-0.25, -0.2) is 9.78 Å². The molecule has 0 aliphatic rings. The van der Waals surface area contributed by atoms with Crippen LogP contribution in [-0.4, -0.2) is 47.8 Å². The Balaban J connectivity index is 1.85. The number of nitrogens with one attached hydrogen (secondary N) is 2. The van der Waals surface area contributed by atoms with Crippen LogP contribution in [0.15, 0.2) is 36.7 Å². The van der Waals surface area contributed by atoms with Crippen molar-refractivity contribution in [3.8, 4) is 5.75 Å². The van der Waals surface area contributed by atoms with Gasteiger partial charge >= 0.3 is 6.03 Å². The highest BCUT2D eigenvalue weighted by Gasteiger charge is 2.10. The Bertz CT molecular complexity index is 601. The summed E-state index contributed by atoms with van der Waals surface area (Å²) in [6, 6.07) is 7.05. The Morgan fingerprint density at radius 1 is 1.39 bits per heavy atom. The number of anilines is 1. The van der Waals surface area contributed by atoms with E-state index in [2.05, 4.69) is 15.3 Å². The highest BCUT2D eigenvalue weighted by atomic mass is 16.5. The number of rotatable bonds is 8. The van der Waals surface area contributed by atoms with Gasteiger partial charge in [0.15, 0.2) is 0 Å². The van der Waals surface area contributed by atoms with Crippen molar-refractivity contribution in [2.24, 2.45) is 0 Å². The molecule has 1 heterocycles. The molecule has 7 nitrogen and oxygen atoms in total. The molecule has 0 aliphatic heterocycles. The molecule has 2 rings (SSSR count). The Morgan fingerprint density at radius 3 is 3.00 bits per heavy atom. The van der Waals surface area contributed by atoms with E-state index < -0.39 is 0 Å². The first kappa shape index (κ1) is 16.8. The maximum Gasteiger partial charge on any atom is 0.321 e. The SMILES string of the molecule is CCOCCOc1cccc(NC(=O)N(C)Cc2ncc[nH]2)c1. The molecule has 0 fully saturated rings. The summed E-state index contributed by atoms with van der Waals surface area (Å²) in [4.78, 5) is 20.8. The van der Waals surface area contributed by atoms with Crippen LogP contribution in [0.25, 0.3) is 0 Å². The molecule has 0 radical (unpaired) electrons. The molecule has 0 saturated heterocycles. The van der Waals surface area contributed by atoms with Crippen LogP contribution >= 0.6 is 0 Å². The number of aromatic nitrogens is 2. The number of urea groups is 1. The maximum absolute atomic E-state index is 12.2. The number of amides is 2. The van der Waals surface area contributed by atoms with Gasteiger partial charge in [0, 0.05) is 37.8 Å². The Morgan fingerprint density at radius 2 is 2.26 bits per heavy atom. The Hall–Kier alpha value is -2.54. The van der Waals surface area contributed by atoms with E-state index >= 15 is 0 Å². The maximum atomic E-state index is 12.2. The van der Waals surface area contributed by atoms with Gasteiger partial charge in [-0.15, -0.1) is 0 Å². The number of aromatic amines is 1. The standard InChI is InChI=1S/C16H22N4O3/c1-3-22-9-10-23-14-6-4-5-13(11-14)19-16(21)20(2)12-15-17-7-8-18-15/h4-8,11H,3,9-10,12H2,1-2H3,(H,17,18)(H,19,21). The van der Waals surface area contributed by atoms with Crippen LogP contribution in [0.5, 0.6) is 5.75 Å². The fraction of sp³-hybridized carbons (Fsp3) is 0.375. The Labute approximate surface area is 135 Å². The van der Waals surface area contributed by atoms with E-state index in [4.69, 9.17) is 9.47 Å². The van der Waals surface area contributed by atoms with Gasteiger partial charge in [-0.1, -0.05) is 6.07 Å². The van der Waals surface area contributed by atoms with E-state index in [1.165, 1.54) is 0 Å². The second-order valence-corrected chi connectivity index (χ2v) is 4.90. The van der Waals surface area contributed by atoms with Crippen LogP contribution in [0.1, 0.15) is 12.7 Å². The quantitative estimate of drug-likeness (QED) is 0.733. The normalized spacial score (nSPS) is 10.3. The molecule has 7 heteroatoms. The zero-order valence-electron chi connectivity index (χ0n) is 13.4. The summed E-state index contributed by atoms with van der Waals surface area (Å²) in [7, 11) is 1.71. The summed E-state index contributed by atoms with van der Waals surface area (Å²) in [6.07, 6.45) is 3.38. The summed E-state index contributed by atoms with van der Waals surface area (Å²) in [6.45, 7) is 4.03. The first-order valence-corrected chi connectivity index (χ1v) is 7.50. The molecule has 0 bridgehead atoms. The number of carbonyl (C=O) groups is 1. The van der Waals surface area contributed by atoms with Gasteiger partial charge in [0.1, 0.15) is 18.2 Å². The van der Waals surface area contributed by atoms with Gasteiger partial charge < -0.3 is 24.7 Å². The molecular formula is C16H22N4O3. The lowest BCUT2D eigenvalue weighted by molar-refractivity contribution is 0.110. The van der Waals surface area contributed by atoms with Gasteiger partial charge in [-0.05, 0) is 19.1 Å². The van der Waals surface area contributed by atoms with Crippen molar-refractivity contribution in [3.63, 3.8) is 0 Å². The molecule has 23 heavy (non-hydrogen) atoms. The summed E-state index contributed by atoms with van der Waals surface area (Å²) < 4.78 is 10.8. The van der Waals surface area contributed by atoms with Crippen molar-refractivity contribution in [1.29, 1.82) is 0 Å². The second kappa shape index (κ2) is 8.79. The third-order valence-electron chi connectivity index (χ3n) is 3.07. The highest BCUT2D eigenvalue weighted by molar-refractivity contribution is 5.89. The molecule has 2 N–H and O–H groups in total. The third kappa shape index (κ3) is 5.63. The number of nitrogens with zero attached hydrogens (tertiary/aromatic N) is 2. The molecule has 2 amide bonds. The van der Waals surface area contributed by atoms with Crippen LogP contribution in [-0.2, 0) is 11.3 Å². The largest absolute Gasteiger partial charge is 0.491 e. The number of ether oxygens (including phenoxy) is 2. The predicted molar refractivity (Wildman–Crippen MR) is 87.5 cm³/mol. The van der Waals surface area contributed by atoms with E-state index in [1.54, 1.807) is 30.4 Å². The molecule has 2 aromatic rings. The van der Waals surface area contributed by atoms with Gasteiger partial charge in [0.25, 0.3) is 0 Å². The van der Waals surface area contributed by atoms with Crippen LogP contribution in [0.4, 0.5) is 10.5 Å². The smallest absolute Gasteiger partial charge is 0.321 e. The van der Waals surface area contributed by atoms with Crippen LogP contribution < -0.4 is 10.1 Å². The lowest BCUT2D eigenvalue weighted by Gasteiger charge is -2.17. The molecule has 0 aliphatic carbocycles. The van der Waals surface area contributed by atoms with E-state index in [9.17, 15) is 4.79 Å². The van der Waals surface area contributed by atoms with E-state index in [1.807, 2.05) is 25.1 Å². The van der Waals surface area contributed by atoms with E-state index in [0.717, 1.165) is 5.82 Å². The van der Waals surface area contributed by atoms with Crippen molar-refractivity contribution in [3.05, 3.63) is 42.5 Å². The molecule has 1 aromatic heterocycles. The summed E-state index contributed by atoms with van der Waals surface area (Å²) in [5.74, 6) is 1.42. The molecular weight excluding hydrogens is 296 g/mol. The van der Waals surface area contributed by atoms with Crippen molar-refractivity contribution in [2.45, 2.75) is 13.5 Å². The number of benzene rings is 1. The van der Waals surface area contributed by atoms with Crippen molar-refractivity contribution in [2.75, 3.05) is 32.2 Å². The average molecular weight is 318 g/mol. The first-order chi connectivity index (χ1) is 11.2. The summed E-state index contributed by atoms with van der Waals surface area (Å²) in [5, 5.41) is 2.83. The minimum Gasteiger partial charge on any atom is -0.491 e. The molecule has 0 saturated carbocycles. The van der Waals surface area contributed by atoms with Crippen molar-refractivity contribution in [1.82, 2.24) is 14.9 Å². The third-order valence-corrected chi connectivity index (χ3v) is 3.07. The predicted octanol–water partition coefficient (Wildman–Crippen LogP) is 2.49. The van der Waals surface area contributed by atoms with E-state index in [-0.39, 0.29) is 6.03 Å². The van der Waals surface area contributed by atoms with Crippen LogP contribution in [0.2, 0.25) is 0 Å². The number of H-pyrrole nitrogens is 1. The summed E-state index contributed by atoms with van der Waals surface area (Å²) in [5.41, 5.74) is 0.676. The molecule has 0 spiro atoms. The zero-order valence-corrected chi connectivity index (χ0v) is 13.4. The summed E-state index contributed by atoms with van der Waals surface area (Å²) >= 11 is 0. The second-order valence-electron chi connectivity index (χ2n) is 4.90. The van der Waals surface area contributed by atoms with Gasteiger partial charge in [0.2, 0.25) is 0 Å². The molecule has 1 aromatic carbocycles. The fourth-order valence-corrected chi connectivity index (χ4v) is 1.93. The van der Waals surface area contributed by atoms with Gasteiger partial charge in [-0.3, -0.25) is 0 Å². The Kier molecular flexibility index (Phi) is 6.43. The number of hydrogen-bond donors (Lipinski definition) is 2. The first-order valence-electron chi connectivity index (χ1n) is 7.50. The number of carbonyl (C=O) groups excluding carboxylic acids is 1. The fourth-order valence-electron chi connectivity index (χ4n) is 1.93. The minimum absolute atomic E-state index is 0.215. The lowest BCUT2D eigenvalue weighted by atomic mass is 10.3. The topological polar surface area (TPSA) is 79.5 Å². The molecule has 0 atom stereocenters. The van der Waals surface area contributed by atoms with Gasteiger partial charge in [-0.2, -0.15) is 0 Å². The highest BCUT2D eigenvalue weighted by Crippen LogP contribution is 2.17. The molecule has 124 valence electrons. The minimum atomic E-state index is -0.215. The van der Waals surface area contributed by atoms with Gasteiger partial charge in [0.05, 0.1) is 13.2 Å². The van der Waals surface area contributed by atoms with Crippen LogP contribution in [0, 0.1) is 0 Å². The van der Waals surface area contributed by atoms with Crippen molar-refractivity contribution < 1.29 is 14.3 Å². The number of hydrogen-bond acceptors (Lipinski definition) is 4. The zero-order chi connectivity index (χ0) is 16.5. The van der Waals surface area contributed by atoms with Crippen LogP contribution in [0.3, 0.4) is 0 Å². The number of imidazole rings is 1. The van der Waals surface area contributed by atoms with E-state index in [0.29, 0.717) is 37.8 Å². The van der Waals surface area contributed by atoms with Crippen molar-refractivity contribution >= 4 is 11.7 Å².